The van der Waals surface area contributed by atoms with E-state index in [0.29, 0.717) is 6.04 Å². The Morgan fingerprint density at radius 3 is 2.94 bits per heavy atom. The molecule has 1 fully saturated rings. The van der Waals surface area contributed by atoms with Crippen molar-refractivity contribution in [3.8, 4) is 5.88 Å². The van der Waals surface area contributed by atoms with Crippen LogP contribution in [0.5, 0.6) is 5.88 Å². The van der Waals surface area contributed by atoms with E-state index in [1.165, 1.54) is 12.8 Å². The molecule has 0 bridgehead atoms. The molecule has 1 N–H and O–H groups in total. The van der Waals surface area contributed by atoms with Crippen molar-refractivity contribution in [3.63, 3.8) is 0 Å². The van der Waals surface area contributed by atoms with Gasteiger partial charge in [-0.1, -0.05) is 6.07 Å². The third-order valence-electron chi connectivity index (χ3n) is 3.40. The minimum absolute atomic E-state index is 0.668. The van der Waals surface area contributed by atoms with Crippen LogP contribution in [0.1, 0.15) is 18.4 Å². The Morgan fingerprint density at radius 2 is 2.24 bits per heavy atom. The molecule has 0 aliphatic carbocycles. The van der Waals surface area contributed by atoms with E-state index in [1.807, 2.05) is 6.07 Å². The van der Waals surface area contributed by atoms with Crippen LogP contribution >= 0.6 is 0 Å². The standard InChI is InChI=1S/C13H21N3O/c1-16(12-5-8-14-9-6-12)10-11-4-3-7-15-13(11)17-2/h3-4,7,12,14H,5-6,8-10H2,1-2H3. The smallest absolute Gasteiger partial charge is 0.217 e. The number of methoxy groups -OCH3 is 1. The van der Waals surface area contributed by atoms with Gasteiger partial charge in [-0.25, -0.2) is 4.98 Å². The summed E-state index contributed by atoms with van der Waals surface area (Å²) in [6.07, 6.45) is 4.21. The highest BCUT2D eigenvalue weighted by atomic mass is 16.5. The molecule has 0 radical (unpaired) electrons. The van der Waals surface area contributed by atoms with E-state index >= 15 is 0 Å². The number of piperidine rings is 1. The molecule has 0 amide bonds. The number of rotatable bonds is 4. The Labute approximate surface area is 103 Å². The minimum Gasteiger partial charge on any atom is -0.481 e. The van der Waals surface area contributed by atoms with Gasteiger partial charge in [-0.15, -0.1) is 0 Å². The van der Waals surface area contributed by atoms with Gasteiger partial charge in [0.25, 0.3) is 0 Å². The fourth-order valence-electron chi connectivity index (χ4n) is 2.37. The summed E-state index contributed by atoms with van der Waals surface area (Å²) in [6, 6.07) is 4.72. The SMILES string of the molecule is COc1ncccc1CN(C)C1CCNCC1. The van der Waals surface area contributed by atoms with Crippen molar-refractivity contribution >= 4 is 0 Å². The van der Waals surface area contributed by atoms with Gasteiger partial charge in [0.15, 0.2) is 0 Å². The number of nitrogens with zero attached hydrogens (tertiary/aromatic N) is 2. The maximum Gasteiger partial charge on any atom is 0.217 e. The van der Waals surface area contributed by atoms with Gasteiger partial charge >= 0.3 is 0 Å². The van der Waals surface area contributed by atoms with E-state index in [2.05, 4.69) is 28.3 Å². The van der Waals surface area contributed by atoms with Crippen LogP contribution in [0, 0.1) is 0 Å². The summed E-state index contributed by atoms with van der Waals surface area (Å²) in [6.45, 7) is 3.15. The number of pyridine rings is 1. The first-order valence-corrected chi connectivity index (χ1v) is 6.20. The Bertz CT molecular complexity index is 350. The summed E-state index contributed by atoms with van der Waals surface area (Å²) in [7, 11) is 3.86. The fraction of sp³-hybridized carbons (Fsp3) is 0.615. The molecular weight excluding hydrogens is 214 g/mol. The van der Waals surface area contributed by atoms with E-state index in [-0.39, 0.29) is 0 Å². The number of aromatic nitrogens is 1. The lowest BCUT2D eigenvalue weighted by atomic mass is 10.0. The quantitative estimate of drug-likeness (QED) is 0.853. The summed E-state index contributed by atoms with van der Waals surface area (Å²) < 4.78 is 5.28. The van der Waals surface area contributed by atoms with Gasteiger partial charge in [0, 0.05) is 24.3 Å². The lowest BCUT2D eigenvalue weighted by Crippen LogP contribution is -2.40. The summed E-state index contributed by atoms with van der Waals surface area (Å²) >= 11 is 0. The van der Waals surface area contributed by atoms with Crippen LogP contribution in [-0.4, -0.2) is 43.2 Å². The molecule has 4 nitrogen and oxygen atoms in total. The maximum absolute atomic E-state index is 5.28. The molecule has 94 valence electrons. The van der Waals surface area contributed by atoms with Gasteiger partial charge < -0.3 is 10.1 Å². The molecule has 1 aliphatic heterocycles. The van der Waals surface area contributed by atoms with Crippen molar-refractivity contribution in [2.45, 2.75) is 25.4 Å². The molecule has 17 heavy (non-hydrogen) atoms. The van der Waals surface area contributed by atoms with Crippen LogP contribution in [0.15, 0.2) is 18.3 Å². The Morgan fingerprint density at radius 1 is 1.47 bits per heavy atom. The first-order valence-electron chi connectivity index (χ1n) is 6.20. The first-order chi connectivity index (χ1) is 8.31. The van der Waals surface area contributed by atoms with Crippen molar-refractivity contribution in [1.29, 1.82) is 0 Å². The van der Waals surface area contributed by atoms with Crippen LogP contribution in [0.2, 0.25) is 0 Å². The Kier molecular flexibility index (Phi) is 4.34. The number of ether oxygens (including phenoxy) is 1. The highest BCUT2D eigenvalue weighted by Gasteiger charge is 2.18. The lowest BCUT2D eigenvalue weighted by Gasteiger charge is -2.31. The molecular formula is C13H21N3O. The molecule has 0 aromatic carbocycles. The van der Waals surface area contributed by atoms with Crippen molar-refractivity contribution in [3.05, 3.63) is 23.9 Å². The molecule has 0 atom stereocenters. The minimum atomic E-state index is 0.668. The Hall–Kier alpha value is -1.13. The fourth-order valence-corrected chi connectivity index (χ4v) is 2.37. The second-order valence-electron chi connectivity index (χ2n) is 4.57. The van der Waals surface area contributed by atoms with Crippen LogP contribution in [0.4, 0.5) is 0 Å². The van der Waals surface area contributed by atoms with E-state index in [4.69, 9.17) is 4.74 Å². The normalized spacial score (nSPS) is 17.4. The average Bonchev–Trinajstić information content (AvgIpc) is 2.40. The van der Waals surface area contributed by atoms with Crippen LogP contribution < -0.4 is 10.1 Å². The maximum atomic E-state index is 5.28. The molecule has 4 heteroatoms. The lowest BCUT2D eigenvalue weighted by molar-refractivity contribution is 0.189. The van der Waals surface area contributed by atoms with Crippen molar-refractivity contribution in [2.75, 3.05) is 27.2 Å². The Balaban J connectivity index is 1.99. The van der Waals surface area contributed by atoms with Gasteiger partial charge in [-0.2, -0.15) is 0 Å². The molecule has 1 aromatic rings. The molecule has 1 aliphatic rings. The van der Waals surface area contributed by atoms with Crippen molar-refractivity contribution in [2.24, 2.45) is 0 Å². The zero-order chi connectivity index (χ0) is 12.1. The van der Waals surface area contributed by atoms with Crippen LogP contribution in [0.25, 0.3) is 0 Å². The number of nitrogens with one attached hydrogen (secondary N) is 1. The predicted molar refractivity (Wildman–Crippen MR) is 68.1 cm³/mol. The largest absolute Gasteiger partial charge is 0.481 e. The second-order valence-corrected chi connectivity index (χ2v) is 4.57. The van der Waals surface area contributed by atoms with Gasteiger partial charge in [-0.05, 0) is 39.0 Å². The van der Waals surface area contributed by atoms with E-state index < -0.39 is 0 Å². The number of hydrogen-bond donors (Lipinski definition) is 1. The molecule has 0 unspecified atom stereocenters. The average molecular weight is 235 g/mol. The molecule has 1 saturated heterocycles. The van der Waals surface area contributed by atoms with E-state index in [1.54, 1.807) is 13.3 Å². The molecule has 1 aromatic heterocycles. The van der Waals surface area contributed by atoms with Crippen LogP contribution in [-0.2, 0) is 6.54 Å². The van der Waals surface area contributed by atoms with E-state index in [9.17, 15) is 0 Å². The second kappa shape index (κ2) is 5.98. The monoisotopic (exact) mass is 235 g/mol. The highest BCUT2D eigenvalue weighted by Crippen LogP contribution is 2.19. The zero-order valence-corrected chi connectivity index (χ0v) is 10.6. The van der Waals surface area contributed by atoms with Gasteiger partial charge in [0.2, 0.25) is 5.88 Å². The third-order valence-corrected chi connectivity index (χ3v) is 3.40. The molecule has 0 saturated carbocycles. The molecule has 0 spiro atoms. The zero-order valence-electron chi connectivity index (χ0n) is 10.6. The van der Waals surface area contributed by atoms with E-state index in [0.717, 1.165) is 31.1 Å². The van der Waals surface area contributed by atoms with Gasteiger partial charge in [-0.3, -0.25) is 4.90 Å². The predicted octanol–water partition coefficient (Wildman–Crippen LogP) is 1.27. The third kappa shape index (κ3) is 3.17. The van der Waals surface area contributed by atoms with Crippen LogP contribution in [0.3, 0.4) is 0 Å². The van der Waals surface area contributed by atoms with Crippen molar-refractivity contribution in [1.82, 2.24) is 15.2 Å². The van der Waals surface area contributed by atoms with Gasteiger partial charge in [0.1, 0.15) is 0 Å². The molecule has 2 heterocycles. The highest BCUT2D eigenvalue weighted by molar-refractivity contribution is 5.25. The summed E-state index contributed by atoms with van der Waals surface area (Å²) in [5.74, 6) is 0.744. The molecule has 2 rings (SSSR count). The summed E-state index contributed by atoms with van der Waals surface area (Å²) in [4.78, 5) is 6.64. The van der Waals surface area contributed by atoms with Crippen molar-refractivity contribution < 1.29 is 4.74 Å². The first kappa shape index (κ1) is 12.3. The number of hydrogen-bond acceptors (Lipinski definition) is 4. The van der Waals surface area contributed by atoms with Gasteiger partial charge in [0.05, 0.1) is 7.11 Å². The summed E-state index contributed by atoms with van der Waals surface area (Å²) in [5, 5.41) is 3.39. The summed E-state index contributed by atoms with van der Waals surface area (Å²) in [5.41, 5.74) is 1.16. The topological polar surface area (TPSA) is 37.4 Å².